The van der Waals surface area contributed by atoms with E-state index in [1.165, 1.54) is 18.2 Å². The van der Waals surface area contributed by atoms with E-state index < -0.39 is 53.3 Å². The minimum absolute atomic E-state index is 0.0144. The number of carbonyl (C=O) groups excluding carboxylic acids is 7. The third-order valence-electron chi connectivity index (χ3n) is 6.55. The highest BCUT2D eigenvalue weighted by Gasteiger charge is 2.35. The van der Waals surface area contributed by atoms with Gasteiger partial charge in [-0.1, -0.05) is 33.8 Å². The van der Waals surface area contributed by atoms with Crippen molar-refractivity contribution in [3.05, 3.63) is 23.8 Å². The molecule has 7 N–H and O–H groups in total. The molecule has 1 fully saturated rings. The van der Waals surface area contributed by atoms with E-state index in [2.05, 4.69) is 26.0 Å². The molecular formula is C29H43BN6O11S. The van der Waals surface area contributed by atoms with Crippen LogP contribution in [-0.2, 0) is 51.1 Å². The van der Waals surface area contributed by atoms with E-state index in [9.17, 15) is 42.3 Å². The first-order chi connectivity index (χ1) is 22.6. The first-order valence-electron chi connectivity index (χ1n) is 15.0. The lowest BCUT2D eigenvalue weighted by atomic mass is 10.0. The molecule has 48 heavy (non-hydrogen) atoms. The Morgan fingerprint density at radius 2 is 1.81 bits per heavy atom. The fourth-order valence-electron chi connectivity index (χ4n) is 4.08. The Kier molecular flexibility index (Phi) is 18.7. The van der Waals surface area contributed by atoms with Gasteiger partial charge in [-0.25, -0.2) is 9.00 Å². The Balaban J connectivity index is 0.00000148. The van der Waals surface area contributed by atoms with Crippen molar-refractivity contribution in [2.45, 2.75) is 64.5 Å². The van der Waals surface area contributed by atoms with Crippen LogP contribution in [0.25, 0.3) is 0 Å². The van der Waals surface area contributed by atoms with Crippen LogP contribution in [0.1, 0.15) is 52.5 Å². The number of imide groups is 1. The number of hydrogen-bond acceptors (Lipinski definition) is 10. The molecule has 1 aliphatic heterocycles. The van der Waals surface area contributed by atoms with Crippen molar-refractivity contribution in [1.82, 2.24) is 20.9 Å². The highest BCUT2D eigenvalue weighted by molar-refractivity contribution is 7.79. The second-order valence-electron chi connectivity index (χ2n) is 10.9. The topological polar surface area (TPSA) is 253 Å². The van der Waals surface area contributed by atoms with Crippen LogP contribution in [0.15, 0.2) is 23.1 Å². The molecule has 0 aromatic heterocycles. The van der Waals surface area contributed by atoms with E-state index in [0.717, 1.165) is 11.3 Å². The second kappa shape index (κ2) is 21.5. The molecule has 2 radical (unpaired) electrons. The van der Waals surface area contributed by atoms with Gasteiger partial charge < -0.3 is 41.0 Å². The van der Waals surface area contributed by atoms with Crippen LogP contribution in [0.3, 0.4) is 0 Å². The van der Waals surface area contributed by atoms with Gasteiger partial charge in [0.15, 0.2) is 11.1 Å². The van der Waals surface area contributed by atoms with E-state index >= 15 is 0 Å². The number of nitrogens with zero attached hydrogens (tertiary/aromatic N) is 1. The molecule has 0 bridgehead atoms. The minimum Gasteiger partial charge on any atom is -0.470 e. The molecule has 1 aromatic carbocycles. The van der Waals surface area contributed by atoms with E-state index in [-0.39, 0.29) is 79.0 Å². The number of nitrogens with one attached hydrogen (secondary N) is 4. The van der Waals surface area contributed by atoms with Crippen LogP contribution < -0.4 is 27.0 Å². The molecule has 1 aromatic rings. The standard InChI is InChI=1S/C25H33BN4O10S.C4H10N2O/c1-14(2)22(29-19(31)6-8-39-9-7-30-21(33)10-15(3)24(30)35)23(34)27-12-20(32)28-17-5-4-16(13-40-25(26)36)18(11-17)41(37)38;1-2-3-6-4(5)7/h4-5,11,14-15,22H,6-10,12-13H2,1-3H3,(H,27,34)(H,28,32)(H,29,31)(H,37,38);2-3H2,1H3,(H3,5,6,7). The monoisotopic (exact) mass is 694 g/mol. The molecular weight excluding hydrogens is 651 g/mol. The SMILES string of the molecule is CCCNC(N)=O.[B]C(=O)OCc1ccc(NC(=O)CNC(=O)C(NC(=O)CCOCCN2C(=O)CC(C)C2=O)C(C)C)cc1S(=O)O. The molecule has 0 saturated carbocycles. The summed E-state index contributed by atoms with van der Waals surface area (Å²) in [7, 11) is 4.91. The summed E-state index contributed by atoms with van der Waals surface area (Å²) in [4.78, 5) is 82.8. The number of likely N-dealkylation sites (tertiary alicyclic amines) is 1. The molecule has 17 nitrogen and oxygen atoms in total. The normalized spacial score (nSPS) is 15.1. The second-order valence-corrected chi connectivity index (χ2v) is 11.8. The Bertz CT molecular complexity index is 1350. The molecule has 3 unspecified atom stereocenters. The van der Waals surface area contributed by atoms with Gasteiger partial charge in [0.1, 0.15) is 12.6 Å². The number of amides is 7. The highest BCUT2D eigenvalue weighted by Crippen LogP contribution is 2.20. The predicted octanol–water partition coefficient (Wildman–Crippen LogP) is 0.134. The van der Waals surface area contributed by atoms with Crippen LogP contribution in [0.4, 0.5) is 15.3 Å². The molecule has 0 spiro atoms. The molecule has 3 atom stereocenters. The van der Waals surface area contributed by atoms with Gasteiger partial charge in [-0.2, -0.15) is 0 Å². The maximum atomic E-state index is 12.7. The van der Waals surface area contributed by atoms with Gasteiger partial charge in [0.2, 0.25) is 43.3 Å². The van der Waals surface area contributed by atoms with Gasteiger partial charge in [-0.3, -0.25) is 33.7 Å². The van der Waals surface area contributed by atoms with Crippen LogP contribution in [-0.4, -0.2) is 102 Å². The molecule has 1 heterocycles. The van der Waals surface area contributed by atoms with Gasteiger partial charge in [0, 0.05) is 36.6 Å². The Morgan fingerprint density at radius 3 is 2.33 bits per heavy atom. The minimum atomic E-state index is -2.45. The van der Waals surface area contributed by atoms with Crippen LogP contribution in [0.5, 0.6) is 0 Å². The lowest BCUT2D eigenvalue weighted by Crippen LogP contribution is -2.51. The van der Waals surface area contributed by atoms with Gasteiger partial charge in [-0.15, -0.1) is 0 Å². The van der Waals surface area contributed by atoms with Gasteiger partial charge in [0.05, 0.1) is 31.2 Å². The van der Waals surface area contributed by atoms with E-state index in [1.54, 1.807) is 20.8 Å². The van der Waals surface area contributed by atoms with Gasteiger partial charge in [0.25, 0.3) is 0 Å². The van der Waals surface area contributed by atoms with Crippen molar-refractivity contribution in [2.75, 3.05) is 38.2 Å². The summed E-state index contributed by atoms with van der Waals surface area (Å²) in [5, 5.41) is 9.96. The number of ether oxygens (including phenoxy) is 2. The highest BCUT2D eigenvalue weighted by atomic mass is 32.2. The summed E-state index contributed by atoms with van der Waals surface area (Å²) in [6.45, 7) is 7.18. The number of anilines is 1. The molecule has 0 aliphatic carbocycles. The summed E-state index contributed by atoms with van der Waals surface area (Å²) < 4.78 is 31.1. The number of urea groups is 1. The van der Waals surface area contributed by atoms with Crippen molar-refractivity contribution in [3.63, 3.8) is 0 Å². The van der Waals surface area contributed by atoms with Gasteiger partial charge in [-0.05, 0) is 24.5 Å². The smallest absolute Gasteiger partial charge is 0.312 e. The Hall–Kier alpha value is -4.36. The lowest BCUT2D eigenvalue weighted by molar-refractivity contribution is -0.140. The van der Waals surface area contributed by atoms with Crippen molar-refractivity contribution in [1.29, 1.82) is 0 Å². The largest absolute Gasteiger partial charge is 0.470 e. The zero-order valence-electron chi connectivity index (χ0n) is 27.4. The summed E-state index contributed by atoms with van der Waals surface area (Å²) in [5.74, 6) is -3.90. The summed E-state index contributed by atoms with van der Waals surface area (Å²) >= 11 is -2.45. The number of rotatable bonds is 17. The van der Waals surface area contributed by atoms with Crippen molar-refractivity contribution < 1.29 is 51.8 Å². The average molecular weight is 695 g/mol. The Morgan fingerprint density at radius 1 is 1.12 bits per heavy atom. The summed E-state index contributed by atoms with van der Waals surface area (Å²) in [6.07, 6.45) is 1.05. The number of nitrogens with two attached hydrogens (primary N) is 1. The van der Waals surface area contributed by atoms with Gasteiger partial charge >= 0.3 is 6.03 Å². The zero-order valence-corrected chi connectivity index (χ0v) is 28.2. The maximum absolute atomic E-state index is 12.7. The zero-order chi connectivity index (χ0) is 36.4. The van der Waals surface area contributed by atoms with Crippen molar-refractivity contribution in [2.24, 2.45) is 17.6 Å². The predicted molar refractivity (Wildman–Crippen MR) is 174 cm³/mol. The average Bonchev–Trinajstić information content (AvgIpc) is 3.26. The Labute approximate surface area is 282 Å². The molecule has 1 aliphatic rings. The third kappa shape index (κ3) is 15.5. The summed E-state index contributed by atoms with van der Waals surface area (Å²) in [6, 6.07) is 2.62. The van der Waals surface area contributed by atoms with E-state index in [4.69, 9.17) is 18.3 Å². The van der Waals surface area contributed by atoms with E-state index in [1.807, 2.05) is 6.92 Å². The van der Waals surface area contributed by atoms with Crippen LogP contribution in [0, 0.1) is 11.8 Å². The fourth-order valence-corrected chi connectivity index (χ4v) is 4.66. The fraction of sp³-hybridized carbons (Fsp3) is 0.552. The molecule has 19 heteroatoms. The third-order valence-corrected chi connectivity index (χ3v) is 7.31. The number of hydrogen-bond donors (Lipinski definition) is 6. The quantitative estimate of drug-likeness (QED) is 0.0553. The molecule has 264 valence electrons. The van der Waals surface area contributed by atoms with Crippen molar-refractivity contribution >= 4 is 66.0 Å². The van der Waals surface area contributed by atoms with Crippen LogP contribution in [0.2, 0.25) is 0 Å². The number of primary amides is 1. The number of benzene rings is 1. The first-order valence-corrected chi connectivity index (χ1v) is 16.2. The maximum Gasteiger partial charge on any atom is 0.312 e. The molecule has 2 rings (SSSR count). The number of carbonyl (C=O) groups is 7. The summed E-state index contributed by atoms with van der Waals surface area (Å²) in [5.41, 5.74) is 5.10. The molecule has 7 amide bonds. The molecule has 1 saturated heterocycles. The first kappa shape index (κ1) is 41.7. The van der Waals surface area contributed by atoms with Crippen molar-refractivity contribution in [3.8, 4) is 0 Å². The lowest BCUT2D eigenvalue weighted by Gasteiger charge is -2.21. The van der Waals surface area contributed by atoms with Crippen LogP contribution >= 0.6 is 0 Å². The van der Waals surface area contributed by atoms with E-state index in [0.29, 0.717) is 6.54 Å².